The van der Waals surface area contributed by atoms with E-state index >= 15 is 0 Å². The van der Waals surface area contributed by atoms with Gasteiger partial charge in [0.2, 0.25) is 0 Å². The van der Waals surface area contributed by atoms with E-state index < -0.39 is 15.7 Å². The van der Waals surface area contributed by atoms with Crippen LogP contribution >= 0.6 is 11.6 Å². The number of benzene rings is 1. The SMILES string of the molecule is Cc1cccnc1-n1cc(C(=O)Nc2cc(Cl)cc(S(C)(=O)=O)c2)cn1. The first-order valence-corrected chi connectivity index (χ1v) is 9.79. The third-order valence-electron chi connectivity index (χ3n) is 3.60. The van der Waals surface area contributed by atoms with E-state index in [0.29, 0.717) is 11.4 Å². The fourth-order valence-corrected chi connectivity index (χ4v) is 3.31. The molecule has 26 heavy (non-hydrogen) atoms. The summed E-state index contributed by atoms with van der Waals surface area (Å²) in [4.78, 5) is 16.7. The summed E-state index contributed by atoms with van der Waals surface area (Å²) in [7, 11) is -3.45. The predicted octanol–water partition coefficient (Wildman–Crippen LogP) is 2.88. The molecule has 7 nitrogen and oxygen atoms in total. The van der Waals surface area contributed by atoms with E-state index in [1.165, 1.54) is 29.1 Å². The molecule has 134 valence electrons. The normalized spacial score (nSPS) is 11.3. The second-order valence-electron chi connectivity index (χ2n) is 5.72. The van der Waals surface area contributed by atoms with Crippen LogP contribution in [0.5, 0.6) is 0 Å². The van der Waals surface area contributed by atoms with Gasteiger partial charge in [0.25, 0.3) is 5.91 Å². The van der Waals surface area contributed by atoms with E-state index in [1.807, 2.05) is 19.1 Å². The Kier molecular flexibility index (Phi) is 4.80. The Hall–Kier alpha value is -2.71. The standard InChI is InChI=1S/C17H15ClN4O3S/c1-11-4-3-5-19-16(11)22-10-12(9-20-22)17(23)21-14-6-13(18)7-15(8-14)26(2,24)25/h3-10H,1-2H3,(H,21,23). The van der Waals surface area contributed by atoms with Gasteiger partial charge in [0.15, 0.2) is 15.7 Å². The lowest BCUT2D eigenvalue weighted by Gasteiger charge is -2.07. The predicted molar refractivity (Wildman–Crippen MR) is 98.6 cm³/mol. The van der Waals surface area contributed by atoms with Crippen molar-refractivity contribution in [3.63, 3.8) is 0 Å². The number of carbonyl (C=O) groups is 1. The van der Waals surface area contributed by atoms with Crippen LogP contribution < -0.4 is 5.32 Å². The molecular formula is C17H15ClN4O3S. The Balaban J connectivity index is 1.86. The molecule has 0 saturated heterocycles. The summed E-state index contributed by atoms with van der Waals surface area (Å²) < 4.78 is 24.9. The number of anilines is 1. The molecule has 0 spiro atoms. The van der Waals surface area contributed by atoms with Crippen molar-refractivity contribution in [1.29, 1.82) is 0 Å². The zero-order valence-corrected chi connectivity index (χ0v) is 15.5. The van der Waals surface area contributed by atoms with Crippen LogP contribution in [0.2, 0.25) is 5.02 Å². The van der Waals surface area contributed by atoms with Crippen LogP contribution in [-0.2, 0) is 9.84 Å². The molecule has 3 aromatic rings. The van der Waals surface area contributed by atoms with Crippen molar-refractivity contribution in [2.75, 3.05) is 11.6 Å². The number of aryl methyl sites for hydroxylation is 1. The fraction of sp³-hybridized carbons (Fsp3) is 0.118. The molecule has 9 heteroatoms. The van der Waals surface area contributed by atoms with Gasteiger partial charge in [-0.25, -0.2) is 18.1 Å². The molecule has 1 N–H and O–H groups in total. The maximum atomic E-state index is 12.4. The molecule has 0 aliphatic carbocycles. The summed E-state index contributed by atoms with van der Waals surface area (Å²) in [5, 5.41) is 7.00. The summed E-state index contributed by atoms with van der Waals surface area (Å²) in [6.45, 7) is 1.89. The van der Waals surface area contributed by atoms with E-state index in [4.69, 9.17) is 11.6 Å². The lowest BCUT2D eigenvalue weighted by Crippen LogP contribution is -2.12. The van der Waals surface area contributed by atoms with Gasteiger partial charge in [0.05, 0.1) is 16.7 Å². The lowest BCUT2D eigenvalue weighted by atomic mass is 10.2. The highest BCUT2D eigenvalue weighted by Gasteiger charge is 2.14. The largest absolute Gasteiger partial charge is 0.322 e. The first kappa shape index (κ1) is 18.1. The highest BCUT2D eigenvalue weighted by molar-refractivity contribution is 7.90. The molecule has 0 fully saturated rings. The van der Waals surface area contributed by atoms with Crippen molar-refractivity contribution in [3.8, 4) is 5.82 Å². The molecular weight excluding hydrogens is 376 g/mol. The Labute approximate surface area is 155 Å². The summed E-state index contributed by atoms with van der Waals surface area (Å²) in [6.07, 6.45) is 5.67. The van der Waals surface area contributed by atoms with Crippen LogP contribution in [0.1, 0.15) is 15.9 Å². The highest BCUT2D eigenvalue weighted by Crippen LogP contribution is 2.23. The van der Waals surface area contributed by atoms with E-state index in [0.717, 1.165) is 11.8 Å². The number of halogens is 1. The van der Waals surface area contributed by atoms with Crippen LogP contribution in [-0.4, -0.2) is 35.3 Å². The highest BCUT2D eigenvalue weighted by atomic mass is 35.5. The molecule has 3 rings (SSSR count). The maximum Gasteiger partial charge on any atom is 0.258 e. The number of nitrogens with zero attached hydrogens (tertiary/aromatic N) is 3. The van der Waals surface area contributed by atoms with Gasteiger partial charge >= 0.3 is 0 Å². The minimum absolute atomic E-state index is 0.0279. The van der Waals surface area contributed by atoms with Crippen molar-refractivity contribution >= 4 is 33.0 Å². The number of pyridine rings is 1. The van der Waals surface area contributed by atoms with Gasteiger partial charge in [-0.3, -0.25) is 4.79 Å². The fourth-order valence-electron chi connectivity index (χ4n) is 2.33. The van der Waals surface area contributed by atoms with Crippen molar-refractivity contribution in [1.82, 2.24) is 14.8 Å². The van der Waals surface area contributed by atoms with Crippen LogP contribution in [0.4, 0.5) is 5.69 Å². The van der Waals surface area contributed by atoms with Crippen LogP contribution in [0.3, 0.4) is 0 Å². The number of hydrogen-bond donors (Lipinski definition) is 1. The Morgan fingerprint density at radius 3 is 2.73 bits per heavy atom. The Morgan fingerprint density at radius 2 is 2.04 bits per heavy atom. The molecule has 2 heterocycles. The monoisotopic (exact) mass is 390 g/mol. The van der Waals surface area contributed by atoms with Crippen molar-refractivity contribution in [3.05, 3.63) is 65.1 Å². The van der Waals surface area contributed by atoms with E-state index in [9.17, 15) is 13.2 Å². The zero-order chi connectivity index (χ0) is 18.9. The molecule has 0 aliphatic heterocycles. The van der Waals surface area contributed by atoms with Gasteiger partial charge in [-0.1, -0.05) is 17.7 Å². The second kappa shape index (κ2) is 6.89. The topological polar surface area (TPSA) is 94.0 Å². The van der Waals surface area contributed by atoms with Gasteiger partial charge in [-0.15, -0.1) is 0 Å². The van der Waals surface area contributed by atoms with E-state index in [1.54, 1.807) is 12.4 Å². The molecule has 0 bridgehead atoms. The maximum absolute atomic E-state index is 12.4. The number of carbonyl (C=O) groups excluding carboxylic acids is 1. The molecule has 1 amide bonds. The van der Waals surface area contributed by atoms with Gasteiger partial charge in [-0.2, -0.15) is 5.10 Å². The average Bonchev–Trinajstić information content (AvgIpc) is 3.04. The third kappa shape index (κ3) is 3.92. The molecule has 2 aromatic heterocycles. The summed E-state index contributed by atoms with van der Waals surface area (Å²) in [5.41, 5.74) is 1.50. The molecule has 0 unspecified atom stereocenters. The van der Waals surface area contributed by atoms with Crippen LogP contribution in [0.25, 0.3) is 5.82 Å². The summed E-state index contributed by atoms with van der Waals surface area (Å²) in [6, 6.07) is 7.86. The summed E-state index contributed by atoms with van der Waals surface area (Å²) in [5.74, 6) is 0.181. The molecule has 1 aromatic carbocycles. The first-order valence-electron chi connectivity index (χ1n) is 7.53. The lowest BCUT2D eigenvalue weighted by molar-refractivity contribution is 0.102. The van der Waals surface area contributed by atoms with Crippen molar-refractivity contribution in [2.24, 2.45) is 0 Å². The van der Waals surface area contributed by atoms with E-state index in [2.05, 4.69) is 15.4 Å². The average molecular weight is 391 g/mol. The molecule has 0 aliphatic rings. The molecule has 0 atom stereocenters. The molecule has 0 saturated carbocycles. The minimum atomic E-state index is -3.45. The third-order valence-corrected chi connectivity index (χ3v) is 4.91. The number of aromatic nitrogens is 3. The summed E-state index contributed by atoms with van der Waals surface area (Å²) >= 11 is 5.95. The smallest absolute Gasteiger partial charge is 0.258 e. The Bertz CT molecular complexity index is 1090. The van der Waals surface area contributed by atoms with Gasteiger partial charge in [0.1, 0.15) is 0 Å². The quantitative estimate of drug-likeness (QED) is 0.739. The van der Waals surface area contributed by atoms with Crippen molar-refractivity contribution in [2.45, 2.75) is 11.8 Å². The number of hydrogen-bond acceptors (Lipinski definition) is 5. The second-order valence-corrected chi connectivity index (χ2v) is 8.17. The first-order chi connectivity index (χ1) is 12.2. The number of nitrogens with one attached hydrogen (secondary N) is 1. The Morgan fingerprint density at radius 1 is 1.27 bits per heavy atom. The van der Waals surface area contributed by atoms with Crippen LogP contribution in [0, 0.1) is 6.92 Å². The number of rotatable bonds is 4. The van der Waals surface area contributed by atoms with E-state index in [-0.39, 0.29) is 15.6 Å². The van der Waals surface area contributed by atoms with Gasteiger partial charge in [-0.05, 0) is 36.8 Å². The van der Waals surface area contributed by atoms with Gasteiger partial charge in [0, 0.05) is 29.4 Å². The molecule has 0 radical (unpaired) electrons. The minimum Gasteiger partial charge on any atom is -0.322 e. The van der Waals surface area contributed by atoms with Gasteiger partial charge < -0.3 is 5.32 Å². The van der Waals surface area contributed by atoms with Crippen molar-refractivity contribution < 1.29 is 13.2 Å². The number of amides is 1. The zero-order valence-electron chi connectivity index (χ0n) is 14.0. The number of sulfone groups is 1. The van der Waals surface area contributed by atoms with Crippen LogP contribution in [0.15, 0.2) is 53.8 Å².